The lowest BCUT2D eigenvalue weighted by molar-refractivity contribution is -0.245. The predicted molar refractivity (Wildman–Crippen MR) is 180 cm³/mol. The highest BCUT2D eigenvalue weighted by Crippen LogP contribution is 2.40. The number of nitrogens with one attached hydrogen (secondary N) is 1. The Hall–Kier alpha value is -3.95. The number of benzene rings is 4. The van der Waals surface area contributed by atoms with Gasteiger partial charge in [-0.3, -0.25) is 9.59 Å². The van der Waals surface area contributed by atoms with Crippen molar-refractivity contribution in [3.05, 3.63) is 125 Å². The molecule has 7 nitrogen and oxygen atoms in total. The average Bonchev–Trinajstić information content (AvgIpc) is 3.10. The van der Waals surface area contributed by atoms with Gasteiger partial charge in [0.25, 0.3) is 0 Å². The van der Waals surface area contributed by atoms with E-state index in [0.717, 1.165) is 52.0 Å². The van der Waals surface area contributed by atoms with Gasteiger partial charge in [0, 0.05) is 42.0 Å². The van der Waals surface area contributed by atoms with Crippen molar-refractivity contribution in [2.24, 2.45) is 0 Å². The Kier molecular flexibility index (Phi) is 12.4. The molecule has 240 valence electrons. The van der Waals surface area contributed by atoms with Gasteiger partial charge < -0.3 is 25.0 Å². The first-order valence-electron chi connectivity index (χ1n) is 15.8. The summed E-state index contributed by atoms with van der Waals surface area (Å²) < 4.78 is 13.1. The van der Waals surface area contributed by atoms with E-state index >= 15 is 0 Å². The predicted octanol–water partition coefficient (Wildman–Crippen LogP) is 7.83. The number of carbonyl (C=O) groups excluding carboxylic acids is 1. The number of thioether (sulfide) groups is 1. The lowest BCUT2D eigenvalue weighted by Crippen LogP contribution is -2.31. The fourth-order valence-corrected chi connectivity index (χ4v) is 6.47. The summed E-state index contributed by atoms with van der Waals surface area (Å²) in [5, 5.41) is 21.3. The van der Waals surface area contributed by atoms with Crippen molar-refractivity contribution in [2.75, 3.05) is 5.75 Å². The second kappa shape index (κ2) is 17.1. The van der Waals surface area contributed by atoms with Gasteiger partial charge in [0.1, 0.15) is 0 Å². The number of aliphatic hydroxyl groups is 1. The quantitative estimate of drug-likeness (QED) is 0.0899. The summed E-state index contributed by atoms with van der Waals surface area (Å²) in [5.74, 6) is -0.0359. The first-order valence-corrected chi connectivity index (χ1v) is 16.8. The molecule has 0 saturated carbocycles. The fourth-order valence-electron chi connectivity index (χ4n) is 5.53. The number of rotatable bonds is 15. The molecule has 8 heteroatoms. The molecule has 4 aromatic rings. The van der Waals surface area contributed by atoms with Gasteiger partial charge in [-0.15, -0.1) is 11.8 Å². The molecule has 0 spiro atoms. The van der Waals surface area contributed by atoms with E-state index < -0.39 is 12.3 Å². The molecule has 1 amide bonds. The third-order valence-electron chi connectivity index (χ3n) is 8.08. The molecule has 1 aliphatic rings. The van der Waals surface area contributed by atoms with Crippen molar-refractivity contribution in [1.29, 1.82) is 0 Å². The number of carboxylic acid groups (broad SMARTS) is 1. The number of hydrogen-bond donors (Lipinski definition) is 3. The smallest absolute Gasteiger partial charge is 0.303 e. The highest BCUT2D eigenvalue weighted by atomic mass is 32.2. The van der Waals surface area contributed by atoms with E-state index in [2.05, 4.69) is 35.6 Å². The number of aliphatic carboxylic acids is 1. The molecule has 0 radical (unpaired) electrons. The van der Waals surface area contributed by atoms with Crippen LogP contribution in [0.5, 0.6) is 0 Å². The van der Waals surface area contributed by atoms with Crippen LogP contribution >= 0.6 is 11.8 Å². The van der Waals surface area contributed by atoms with Gasteiger partial charge in [-0.25, -0.2) is 0 Å². The summed E-state index contributed by atoms with van der Waals surface area (Å²) in [7, 11) is 0. The fraction of sp³-hybridized carbons (Fsp3) is 0.316. The van der Waals surface area contributed by atoms with E-state index in [0.29, 0.717) is 25.8 Å². The van der Waals surface area contributed by atoms with Gasteiger partial charge in [0.05, 0.1) is 18.8 Å². The molecule has 0 aliphatic carbocycles. The van der Waals surface area contributed by atoms with Crippen LogP contribution in [0.4, 0.5) is 0 Å². The standard InChI is InChI=1S/C38H41NO6S/c40-25-27-15-17-29(18-16-27)35-23-32(26-46-33-10-3-1-4-11-33)44-38(45-35)30-21-19-28(20-22-30)34-12-8-7-9-31(34)24-39-36(41)13-5-2-6-14-37(42)43/h1,3-4,7-12,15-22,32,35,38,40H,2,5-6,13-14,23-26H2,(H,39,41)(H,42,43)/t32-,35+,38+/m1/s1. The van der Waals surface area contributed by atoms with Crippen LogP contribution in [0.15, 0.2) is 108 Å². The van der Waals surface area contributed by atoms with Gasteiger partial charge >= 0.3 is 5.97 Å². The Morgan fingerprint density at radius 2 is 1.48 bits per heavy atom. The van der Waals surface area contributed by atoms with Crippen LogP contribution < -0.4 is 5.32 Å². The molecule has 1 fully saturated rings. The summed E-state index contributed by atoms with van der Waals surface area (Å²) >= 11 is 1.78. The zero-order valence-corrected chi connectivity index (χ0v) is 26.7. The number of amides is 1. The third-order valence-corrected chi connectivity index (χ3v) is 9.22. The van der Waals surface area contributed by atoms with Gasteiger partial charge in [0.15, 0.2) is 6.29 Å². The number of hydrogen-bond acceptors (Lipinski definition) is 6. The molecule has 3 atom stereocenters. The normalized spacial score (nSPS) is 17.8. The average molecular weight is 640 g/mol. The van der Waals surface area contributed by atoms with Crippen molar-refractivity contribution in [1.82, 2.24) is 5.32 Å². The largest absolute Gasteiger partial charge is 0.481 e. The van der Waals surface area contributed by atoms with Crippen LogP contribution in [0.2, 0.25) is 0 Å². The van der Waals surface area contributed by atoms with Crippen LogP contribution in [-0.2, 0) is 32.2 Å². The molecule has 1 heterocycles. The van der Waals surface area contributed by atoms with Crippen LogP contribution in [0.25, 0.3) is 11.1 Å². The van der Waals surface area contributed by atoms with E-state index in [1.807, 2.05) is 72.8 Å². The SMILES string of the molecule is O=C(O)CCCCCC(=O)NCc1ccccc1-c1ccc([C@H]2O[C@@H](CSc3ccccc3)C[C@@H](c3ccc(CO)cc3)O2)cc1. The number of unbranched alkanes of at least 4 members (excludes halogenated alkanes) is 2. The first kappa shape index (κ1) is 33.4. The number of carbonyl (C=O) groups is 2. The Labute approximate surface area is 275 Å². The first-order chi connectivity index (χ1) is 22.5. The molecule has 4 aromatic carbocycles. The highest BCUT2D eigenvalue weighted by molar-refractivity contribution is 7.99. The van der Waals surface area contributed by atoms with Gasteiger partial charge in [-0.2, -0.15) is 0 Å². The van der Waals surface area contributed by atoms with Gasteiger partial charge in [0.2, 0.25) is 5.91 Å². The van der Waals surface area contributed by atoms with Gasteiger partial charge in [-0.05, 0) is 52.8 Å². The molecular weight excluding hydrogens is 598 g/mol. The van der Waals surface area contributed by atoms with E-state index in [1.54, 1.807) is 11.8 Å². The molecule has 46 heavy (non-hydrogen) atoms. The third kappa shape index (κ3) is 9.77. The van der Waals surface area contributed by atoms with Crippen molar-refractivity contribution in [3.8, 4) is 11.1 Å². The zero-order chi connectivity index (χ0) is 32.1. The molecule has 0 aromatic heterocycles. The molecule has 1 aliphatic heterocycles. The van der Waals surface area contributed by atoms with Gasteiger partial charge in [-0.1, -0.05) is 97.4 Å². The second-order valence-electron chi connectivity index (χ2n) is 11.5. The number of carboxylic acids is 1. The van der Waals surface area contributed by atoms with Crippen molar-refractivity contribution < 1.29 is 29.3 Å². The molecule has 0 bridgehead atoms. The van der Waals surface area contributed by atoms with E-state index in [1.165, 1.54) is 4.90 Å². The van der Waals surface area contributed by atoms with Crippen LogP contribution in [0.3, 0.4) is 0 Å². The maximum Gasteiger partial charge on any atom is 0.303 e. The molecule has 5 rings (SSSR count). The van der Waals surface area contributed by atoms with Crippen molar-refractivity contribution in [3.63, 3.8) is 0 Å². The Morgan fingerprint density at radius 1 is 0.783 bits per heavy atom. The summed E-state index contributed by atoms with van der Waals surface area (Å²) in [6.45, 7) is 0.421. The minimum Gasteiger partial charge on any atom is -0.481 e. The minimum atomic E-state index is -0.802. The number of ether oxygens (including phenoxy) is 2. The second-order valence-corrected chi connectivity index (χ2v) is 12.6. The maximum absolute atomic E-state index is 12.4. The van der Waals surface area contributed by atoms with Crippen LogP contribution in [-0.4, -0.2) is 33.9 Å². The molecule has 3 N–H and O–H groups in total. The molecular formula is C38H41NO6S. The van der Waals surface area contributed by atoms with Crippen molar-refractivity contribution >= 4 is 23.6 Å². The Morgan fingerprint density at radius 3 is 2.22 bits per heavy atom. The minimum absolute atomic E-state index is 0.00586. The lowest BCUT2D eigenvalue weighted by atomic mass is 9.97. The Bertz CT molecular complexity index is 1540. The van der Waals surface area contributed by atoms with Crippen molar-refractivity contribution in [2.45, 2.75) is 75.1 Å². The summed E-state index contributed by atoms with van der Waals surface area (Å²) in [5.41, 5.74) is 5.96. The Balaban J connectivity index is 1.25. The van der Waals surface area contributed by atoms with Crippen LogP contribution in [0.1, 0.15) is 73.2 Å². The van der Waals surface area contributed by atoms with E-state index in [9.17, 15) is 14.7 Å². The maximum atomic E-state index is 12.4. The zero-order valence-electron chi connectivity index (χ0n) is 25.8. The van der Waals surface area contributed by atoms with Crippen LogP contribution in [0, 0.1) is 0 Å². The number of aliphatic hydroxyl groups excluding tert-OH is 1. The summed E-state index contributed by atoms with van der Waals surface area (Å²) in [4.78, 5) is 24.3. The van der Waals surface area contributed by atoms with E-state index in [-0.39, 0.29) is 31.1 Å². The lowest BCUT2D eigenvalue weighted by Gasteiger charge is -2.36. The monoisotopic (exact) mass is 639 g/mol. The topological polar surface area (TPSA) is 105 Å². The molecule has 0 unspecified atom stereocenters. The summed E-state index contributed by atoms with van der Waals surface area (Å²) in [6, 6.07) is 34.5. The molecule has 1 saturated heterocycles. The summed E-state index contributed by atoms with van der Waals surface area (Å²) in [6.07, 6.45) is 2.54. The highest BCUT2D eigenvalue weighted by Gasteiger charge is 2.32. The van der Waals surface area contributed by atoms with E-state index in [4.69, 9.17) is 14.6 Å².